The number of ether oxygens (including phenoxy) is 3. The number of benzene rings is 2. The Labute approximate surface area is 193 Å². The van der Waals surface area contributed by atoms with Crippen LogP contribution in [0, 0.1) is 0 Å². The molecule has 2 aromatic carbocycles. The minimum absolute atomic E-state index is 0.101. The summed E-state index contributed by atoms with van der Waals surface area (Å²) in [6, 6.07) is 18.3. The first-order valence-electron chi connectivity index (χ1n) is 10.1. The molecule has 3 atom stereocenters. The monoisotopic (exact) mass is 469 g/mol. The highest BCUT2D eigenvalue weighted by atomic mass is 35.5. The van der Waals surface area contributed by atoms with E-state index in [-0.39, 0.29) is 24.2 Å². The molecule has 0 unspecified atom stereocenters. The van der Waals surface area contributed by atoms with Gasteiger partial charge in [-0.15, -0.1) is 0 Å². The number of esters is 1. The molecule has 0 spiro atoms. The number of carbonyl (C=O) groups is 2. The van der Waals surface area contributed by atoms with Crippen LogP contribution in [0.2, 0.25) is 0 Å². The molecule has 33 heavy (non-hydrogen) atoms. The summed E-state index contributed by atoms with van der Waals surface area (Å²) in [6.07, 6.45) is -0.891. The lowest BCUT2D eigenvalue weighted by atomic mass is 10.2. The molecule has 1 aromatic heterocycles. The Bertz CT molecular complexity index is 1170. The molecule has 3 aromatic rings. The molecule has 1 N–H and O–H groups in total. The van der Waals surface area contributed by atoms with Crippen LogP contribution >= 0.6 is 11.6 Å². The zero-order valence-electron chi connectivity index (χ0n) is 17.3. The summed E-state index contributed by atoms with van der Waals surface area (Å²) in [5.74, 6) is -0.876. The van der Waals surface area contributed by atoms with E-state index in [1.807, 2.05) is 0 Å². The number of anilines is 1. The lowest BCUT2D eigenvalue weighted by molar-refractivity contribution is -0.154. The fraction of sp³-hybridized carbons (Fsp3) is 0.217. The summed E-state index contributed by atoms with van der Waals surface area (Å²) >= 11 is 5.71. The van der Waals surface area contributed by atoms with Crippen LogP contribution in [0.1, 0.15) is 33.4 Å². The quantitative estimate of drug-likeness (QED) is 0.418. The maximum atomic E-state index is 12.6. The number of alkyl halides is 1. The van der Waals surface area contributed by atoms with Crippen LogP contribution in [0.15, 0.2) is 77.7 Å². The number of carbonyl (C=O) groups excluding carboxylic acids is 2. The molecule has 170 valence electrons. The molecule has 10 heteroatoms. The van der Waals surface area contributed by atoms with Gasteiger partial charge in [0.05, 0.1) is 5.56 Å². The van der Waals surface area contributed by atoms with Crippen LogP contribution < -0.4 is 11.0 Å². The van der Waals surface area contributed by atoms with Gasteiger partial charge in [0, 0.05) is 18.2 Å². The third-order valence-corrected chi connectivity index (χ3v) is 5.08. The Kier molecular flexibility index (Phi) is 7.13. The molecule has 0 radical (unpaired) electrons. The number of rotatable bonds is 7. The second kappa shape index (κ2) is 10.4. The summed E-state index contributed by atoms with van der Waals surface area (Å²) in [5, 5.41) is 2.58. The van der Waals surface area contributed by atoms with E-state index in [0.29, 0.717) is 11.1 Å². The van der Waals surface area contributed by atoms with Gasteiger partial charge in [0.25, 0.3) is 5.91 Å². The van der Waals surface area contributed by atoms with E-state index in [2.05, 4.69) is 10.3 Å². The van der Waals surface area contributed by atoms with Crippen LogP contribution in [0.25, 0.3) is 0 Å². The molecular formula is C23H20ClN3O6. The van der Waals surface area contributed by atoms with E-state index < -0.39 is 30.3 Å². The number of hydrogen-bond acceptors (Lipinski definition) is 7. The first-order chi connectivity index (χ1) is 16.0. The van der Waals surface area contributed by atoms with Crippen molar-refractivity contribution in [2.75, 3.05) is 11.4 Å². The topological polar surface area (TPSA) is 109 Å². The number of aromatic nitrogens is 2. The Morgan fingerprint density at radius 3 is 2.36 bits per heavy atom. The van der Waals surface area contributed by atoms with Crippen molar-refractivity contribution in [3.05, 3.63) is 94.5 Å². The summed E-state index contributed by atoms with van der Waals surface area (Å²) in [6.45, 7) is 0. The summed E-state index contributed by atoms with van der Waals surface area (Å²) in [4.78, 5) is 41.2. The molecular weight excluding hydrogens is 450 g/mol. The van der Waals surface area contributed by atoms with Crippen LogP contribution in [0.4, 0.5) is 5.82 Å². The highest BCUT2D eigenvalue weighted by Gasteiger charge is 2.40. The second-order valence-electron chi connectivity index (χ2n) is 7.10. The largest absolute Gasteiger partial charge is 0.429 e. The van der Waals surface area contributed by atoms with Crippen molar-refractivity contribution in [2.45, 2.75) is 25.0 Å². The lowest BCUT2D eigenvalue weighted by Crippen LogP contribution is -2.30. The Morgan fingerprint density at radius 2 is 1.73 bits per heavy atom. The minimum Gasteiger partial charge on any atom is -0.429 e. The number of amides is 1. The van der Waals surface area contributed by atoms with Crippen molar-refractivity contribution in [1.29, 1.82) is 0 Å². The van der Waals surface area contributed by atoms with Crippen LogP contribution in [-0.2, 0) is 14.2 Å². The van der Waals surface area contributed by atoms with Gasteiger partial charge in [-0.05, 0) is 30.3 Å². The Hall–Kier alpha value is -3.53. The lowest BCUT2D eigenvalue weighted by Gasteiger charge is -2.18. The van der Waals surface area contributed by atoms with Crippen LogP contribution in [0.3, 0.4) is 0 Å². The molecule has 4 rings (SSSR count). The van der Waals surface area contributed by atoms with Gasteiger partial charge in [0.2, 0.25) is 6.29 Å². The van der Waals surface area contributed by atoms with E-state index in [0.717, 1.165) is 0 Å². The van der Waals surface area contributed by atoms with Crippen molar-refractivity contribution in [1.82, 2.24) is 9.55 Å². The summed E-state index contributed by atoms with van der Waals surface area (Å²) in [7, 11) is 0. The fourth-order valence-corrected chi connectivity index (χ4v) is 3.51. The third kappa shape index (κ3) is 5.46. The molecule has 1 amide bonds. The first-order valence-corrected chi connectivity index (χ1v) is 10.6. The van der Waals surface area contributed by atoms with Gasteiger partial charge in [0.15, 0.2) is 0 Å². The fourth-order valence-electron chi connectivity index (χ4n) is 3.35. The first kappa shape index (κ1) is 22.7. The van der Waals surface area contributed by atoms with Crippen molar-refractivity contribution in [3.63, 3.8) is 0 Å². The standard InChI is InChI=1S/C23H20ClN3O6/c24-14-31-17-13-19(32-22(17)33-21(29)16-9-5-2-6-10-16)27-12-11-18(26-23(27)30)25-20(28)15-7-3-1-4-8-15/h1-12,17,19,22H,13-14H2,(H,25,26,28,30)/t17-,19+,22+/m0/s1. The molecule has 9 nitrogen and oxygen atoms in total. The van der Waals surface area contributed by atoms with Crippen molar-refractivity contribution < 1.29 is 23.8 Å². The predicted molar refractivity (Wildman–Crippen MR) is 119 cm³/mol. The summed E-state index contributed by atoms with van der Waals surface area (Å²) < 4.78 is 17.9. The van der Waals surface area contributed by atoms with E-state index in [1.165, 1.54) is 16.8 Å². The molecule has 1 aliphatic rings. The number of nitrogens with zero attached hydrogens (tertiary/aromatic N) is 2. The molecule has 0 aliphatic carbocycles. The highest BCUT2D eigenvalue weighted by Crippen LogP contribution is 2.31. The maximum absolute atomic E-state index is 12.6. The van der Waals surface area contributed by atoms with Gasteiger partial charge < -0.3 is 19.5 Å². The Morgan fingerprint density at radius 1 is 1.06 bits per heavy atom. The van der Waals surface area contributed by atoms with Crippen molar-refractivity contribution in [3.8, 4) is 0 Å². The smallest absolute Gasteiger partial charge is 0.351 e. The molecule has 1 fully saturated rings. The van der Waals surface area contributed by atoms with Crippen molar-refractivity contribution in [2.24, 2.45) is 0 Å². The van der Waals surface area contributed by atoms with E-state index >= 15 is 0 Å². The molecule has 1 saturated heterocycles. The average molecular weight is 470 g/mol. The van der Waals surface area contributed by atoms with E-state index in [1.54, 1.807) is 60.7 Å². The minimum atomic E-state index is -1.06. The van der Waals surface area contributed by atoms with Gasteiger partial charge in [-0.1, -0.05) is 48.0 Å². The zero-order valence-corrected chi connectivity index (χ0v) is 18.1. The van der Waals surface area contributed by atoms with E-state index in [4.69, 9.17) is 25.8 Å². The van der Waals surface area contributed by atoms with Gasteiger partial charge in [-0.2, -0.15) is 4.98 Å². The van der Waals surface area contributed by atoms with Crippen LogP contribution in [0.5, 0.6) is 0 Å². The molecule has 2 heterocycles. The average Bonchev–Trinajstić information content (AvgIpc) is 3.22. The van der Waals surface area contributed by atoms with Crippen LogP contribution in [-0.4, -0.2) is 39.9 Å². The van der Waals surface area contributed by atoms with E-state index in [9.17, 15) is 14.4 Å². The normalized spacial score (nSPS) is 19.7. The molecule has 1 aliphatic heterocycles. The number of nitrogens with one attached hydrogen (secondary N) is 1. The summed E-state index contributed by atoms with van der Waals surface area (Å²) in [5.41, 5.74) is 0.142. The van der Waals surface area contributed by atoms with Gasteiger partial charge in [-0.3, -0.25) is 9.36 Å². The van der Waals surface area contributed by atoms with Gasteiger partial charge in [0.1, 0.15) is 24.2 Å². The predicted octanol–water partition coefficient (Wildman–Crippen LogP) is 3.18. The maximum Gasteiger partial charge on any atom is 0.351 e. The molecule has 0 saturated carbocycles. The van der Waals surface area contributed by atoms with Crippen molar-refractivity contribution >= 4 is 29.3 Å². The van der Waals surface area contributed by atoms with Gasteiger partial charge in [-0.25, -0.2) is 9.59 Å². The highest BCUT2D eigenvalue weighted by molar-refractivity contribution is 6.17. The van der Waals surface area contributed by atoms with Gasteiger partial charge >= 0.3 is 11.7 Å². The molecule has 0 bridgehead atoms. The second-order valence-corrected chi connectivity index (χ2v) is 7.32. The Balaban J connectivity index is 1.46. The number of halogens is 1. The SMILES string of the molecule is O=C(Nc1ccn([C@H]2C[C@H](OCCl)[C@@H](OC(=O)c3ccccc3)O2)c(=O)n1)c1ccccc1. The zero-order chi connectivity index (χ0) is 23.2. The number of hydrogen-bond donors (Lipinski definition) is 1. The third-order valence-electron chi connectivity index (χ3n) is 4.96.